The largest absolute Gasteiger partial charge is 0.496 e. The van der Waals surface area contributed by atoms with E-state index in [1.165, 1.54) is 11.3 Å². The molecule has 0 saturated heterocycles. The van der Waals surface area contributed by atoms with Crippen LogP contribution in [0.15, 0.2) is 28.1 Å². The number of H-pyrrole nitrogens is 1. The van der Waals surface area contributed by atoms with Crippen molar-refractivity contribution in [2.24, 2.45) is 0 Å². The van der Waals surface area contributed by atoms with E-state index in [4.69, 9.17) is 4.74 Å². The van der Waals surface area contributed by atoms with Crippen molar-refractivity contribution in [3.63, 3.8) is 0 Å². The third-order valence-corrected chi connectivity index (χ3v) is 5.17. The monoisotopic (exact) mass is 406 g/mol. The van der Waals surface area contributed by atoms with E-state index in [1.54, 1.807) is 7.11 Å². The first-order chi connectivity index (χ1) is 11.5. The fourth-order valence-corrected chi connectivity index (χ4v) is 3.26. The number of hydrogen-bond donors (Lipinski definition) is 2. The van der Waals surface area contributed by atoms with Crippen LogP contribution < -0.4 is 10.1 Å². The van der Waals surface area contributed by atoms with E-state index in [1.807, 2.05) is 37.4 Å². The van der Waals surface area contributed by atoms with Crippen LogP contribution in [0.2, 0.25) is 0 Å². The van der Waals surface area contributed by atoms with Crippen LogP contribution in [-0.4, -0.2) is 28.2 Å². The maximum Gasteiger partial charge on any atom is 0.279 e. The molecule has 0 atom stereocenters. The molecule has 3 rings (SSSR count). The number of hydrogen-bond acceptors (Lipinski definition) is 5. The van der Waals surface area contributed by atoms with Crippen molar-refractivity contribution in [2.75, 3.05) is 12.4 Å². The second-order valence-electron chi connectivity index (χ2n) is 5.21. The summed E-state index contributed by atoms with van der Waals surface area (Å²) >= 11 is 4.70. The number of halogens is 1. The minimum Gasteiger partial charge on any atom is -0.496 e. The van der Waals surface area contributed by atoms with Crippen LogP contribution in [0.1, 0.15) is 21.7 Å². The Morgan fingerprint density at radius 2 is 2.17 bits per heavy atom. The summed E-state index contributed by atoms with van der Waals surface area (Å²) in [5.74, 6) is 0.428. The lowest BCUT2D eigenvalue weighted by Crippen LogP contribution is -2.12. The zero-order chi connectivity index (χ0) is 17.3. The van der Waals surface area contributed by atoms with Crippen molar-refractivity contribution in [1.82, 2.24) is 15.2 Å². The highest BCUT2D eigenvalue weighted by Crippen LogP contribution is 2.33. The molecule has 0 spiro atoms. The van der Waals surface area contributed by atoms with E-state index in [9.17, 15) is 4.79 Å². The molecule has 0 saturated carbocycles. The fraction of sp³-hybridized carbons (Fsp3) is 0.188. The minimum absolute atomic E-state index is 0.303. The Morgan fingerprint density at radius 1 is 1.38 bits per heavy atom. The number of aryl methyl sites for hydroxylation is 2. The summed E-state index contributed by atoms with van der Waals surface area (Å²) in [4.78, 5) is 16.8. The summed E-state index contributed by atoms with van der Waals surface area (Å²) < 4.78 is 6.04. The number of ether oxygens (including phenoxy) is 1. The van der Waals surface area contributed by atoms with Gasteiger partial charge in [-0.05, 0) is 41.9 Å². The van der Waals surface area contributed by atoms with Gasteiger partial charge in [-0.1, -0.05) is 11.6 Å². The molecular formula is C16H15BrN4O2S. The van der Waals surface area contributed by atoms with Gasteiger partial charge in [-0.3, -0.25) is 15.2 Å². The molecule has 8 heteroatoms. The Bertz CT molecular complexity index is 903. The first-order valence-electron chi connectivity index (χ1n) is 7.12. The van der Waals surface area contributed by atoms with Gasteiger partial charge in [0.2, 0.25) is 0 Å². The summed E-state index contributed by atoms with van der Waals surface area (Å²) in [7, 11) is 1.63. The number of nitrogens with zero attached hydrogens (tertiary/aromatic N) is 2. The van der Waals surface area contributed by atoms with E-state index < -0.39 is 0 Å². The third-order valence-electron chi connectivity index (χ3n) is 3.44. The standard InChI is InChI=1S/C16H15BrN4O2S/c1-8-4-5-12(23-3)10(6-8)11-7-24-16(18-11)19-15(22)14-13(17)9(2)20-21-14/h4-7H,1-3H3,(H,20,21)(H,18,19,22). The van der Waals surface area contributed by atoms with E-state index in [0.717, 1.165) is 28.3 Å². The Balaban J connectivity index is 1.85. The summed E-state index contributed by atoms with van der Waals surface area (Å²) in [5, 5.41) is 11.9. The SMILES string of the molecule is COc1ccc(C)cc1-c1csc(NC(=O)c2n[nH]c(C)c2Br)n1. The average molecular weight is 407 g/mol. The topological polar surface area (TPSA) is 79.9 Å². The molecule has 0 unspecified atom stereocenters. The van der Waals surface area contributed by atoms with Gasteiger partial charge in [-0.25, -0.2) is 4.98 Å². The van der Waals surface area contributed by atoms with Crippen molar-refractivity contribution < 1.29 is 9.53 Å². The number of rotatable bonds is 4. The smallest absolute Gasteiger partial charge is 0.279 e. The first kappa shape index (κ1) is 16.7. The number of aromatic nitrogens is 3. The van der Waals surface area contributed by atoms with Crippen LogP contribution in [0.3, 0.4) is 0 Å². The van der Waals surface area contributed by atoms with Crippen LogP contribution in [0, 0.1) is 13.8 Å². The zero-order valence-electron chi connectivity index (χ0n) is 13.3. The first-order valence-corrected chi connectivity index (χ1v) is 8.79. The zero-order valence-corrected chi connectivity index (χ0v) is 15.7. The maximum absolute atomic E-state index is 12.3. The van der Waals surface area contributed by atoms with Gasteiger partial charge in [-0.2, -0.15) is 5.10 Å². The normalized spacial score (nSPS) is 10.7. The fourth-order valence-electron chi connectivity index (χ4n) is 2.20. The highest BCUT2D eigenvalue weighted by atomic mass is 79.9. The van der Waals surface area contributed by atoms with Crippen molar-refractivity contribution in [3.8, 4) is 17.0 Å². The van der Waals surface area contributed by atoms with Gasteiger partial charge in [0.1, 0.15) is 5.75 Å². The van der Waals surface area contributed by atoms with Gasteiger partial charge >= 0.3 is 0 Å². The van der Waals surface area contributed by atoms with Crippen molar-refractivity contribution >= 4 is 38.3 Å². The van der Waals surface area contributed by atoms with Crippen LogP contribution in [0.25, 0.3) is 11.3 Å². The maximum atomic E-state index is 12.3. The molecule has 124 valence electrons. The highest BCUT2D eigenvalue weighted by molar-refractivity contribution is 9.10. The van der Waals surface area contributed by atoms with E-state index in [0.29, 0.717) is 15.3 Å². The lowest BCUT2D eigenvalue weighted by molar-refractivity contribution is 0.102. The van der Waals surface area contributed by atoms with Gasteiger partial charge < -0.3 is 4.74 Å². The molecule has 1 amide bonds. The number of nitrogens with one attached hydrogen (secondary N) is 2. The van der Waals surface area contributed by atoms with E-state index in [2.05, 4.69) is 36.4 Å². The number of thiazole rings is 1. The Labute approximate surface area is 151 Å². The molecule has 24 heavy (non-hydrogen) atoms. The summed E-state index contributed by atoms with van der Waals surface area (Å²) in [6, 6.07) is 5.90. The molecule has 2 heterocycles. The molecule has 0 radical (unpaired) electrons. The molecule has 2 N–H and O–H groups in total. The molecule has 0 fully saturated rings. The molecule has 2 aromatic heterocycles. The van der Waals surface area contributed by atoms with Crippen molar-refractivity contribution in [2.45, 2.75) is 13.8 Å². The lowest BCUT2D eigenvalue weighted by Gasteiger charge is -2.07. The summed E-state index contributed by atoms with van der Waals surface area (Å²) in [5.41, 5.74) is 3.86. The second-order valence-corrected chi connectivity index (χ2v) is 6.86. The second kappa shape index (κ2) is 6.74. The molecule has 1 aromatic carbocycles. The third kappa shape index (κ3) is 3.20. The molecule has 3 aromatic rings. The number of amides is 1. The quantitative estimate of drug-likeness (QED) is 0.680. The van der Waals surface area contributed by atoms with Crippen LogP contribution >= 0.6 is 27.3 Å². The average Bonchev–Trinajstić information content (AvgIpc) is 3.15. The summed E-state index contributed by atoms with van der Waals surface area (Å²) in [6.45, 7) is 3.84. The Kier molecular flexibility index (Phi) is 4.68. The molecular weight excluding hydrogens is 392 g/mol. The predicted octanol–water partition coefficient (Wildman–Crippen LogP) is 4.17. The van der Waals surface area contributed by atoms with E-state index in [-0.39, 0.29) is 5.91 Å². The van der Waals surface area contributed by atoms with Gasteiger partial charge in [0, 0.05) is 16.6 Å². The molecule has 0 aliphatic rings. The predicted molar refractivity (Wildman–Crippen MR) is 97.8 cm³/mol. The Morgan fingerprint density at radius 3 is 2.83 bits per heavy atom. The van der Waals surface area contributed by atoms with Gasteiger partial charge in [0.05, 0.1) is 17.3 Å². The van der Waals surface area contributed by atoms with E-state index >= 15 is 0 Å². The number of aromatic amines is 1. The number of carbonyl (C=O) groups is 1. The Hall–Kier alpha value is -2.19. The summed E-state index contributed by atoms with van der Waals surface area (Å²) in [6.07, 6.45) is 0. The number of anilines is 1. The number of carbonyl (C=O) groups excluding carboxylic acids is 1. The highest BCUT2D eigenvalue weighted by Gasteiger charge is 2.18. The van der Waals surface area contributed by atoms with Gasteiger partial charge in [0.15, 0.2) is 10.8 Å². The number of benzene rings is 1. The number of methoxy groups -OCH3 is 1. The molecule has 0 aliphatic carbocycles. The van der Waals surface area contributed by atoms with Crippen LogP contribution in [0.5, 0.6) is 5.75 Å². The van der Waals surface area contributed by atoms with Crippen LogP contribution in [0.4, 0.5) is 5.13 Å². The lowest BCUT2D eigenvalue weighted by atomic mass is 10.1. The van der Waals surface area contributed by atoms with Gasteiger partial charge in [-0.15, -0.1) is 11.3 Å². The van der Waals surface area contributed by atoms with Crippen molar-refractivity contribution in [1.29, 1.82) is 0 Å². The van der Waals surface area contributed by atoms with Crippen LogP contribution in [-0.2, 0) is 0 Å². The minimum atomic E-state index is -0.316. The van der Waals surface area contributed by atoms with Gasteiger partial charge in [0.25, 0.3) is 5.91 Å². The van der Waals surface area contributed by atoms with Crippen molar-refractivity contribution in [3.05, 3.63) is 45.0 Å². The molecule has 0 aliphatic heterocycles. The molecule has 6 nitrogen and oxygen atoms in total. The molecule has 0 bridgehead atoms.